The van der Waals surface area contributed by atoms with Crippen LogP contribution in [-0.2, 0) is 11.3 Å². The van der Waals surface area contributed by atoms with Crippen LogP contribution in [0, 0.1) is 0 Å². The molecule has 4 heteroatoms. The van der Waals surface area contributed by atoms with E-state index in [2.05, 4.69) is 0 Å². The minimum atomic E-state index is -0.379. The van der Waals surface area contributed by atoms with Crippen LogP contribution in [0.25, 0.3) is 0 Å². The molecule has 0 spiro atoms. The largest absolute Gasteiger partial charge is 0.489 e. The molecule has 0 atom stereocenters. The highest BCUT2D eigenvalue weighted by atomic mass is 16.5. The van der Waals surface area contributed by atoms with Crippen molar-refractivity contribution in [3.8, 4) is 5.75 Å². The highest BCUT2D eigenvalue weighted by molar-refractivity contribution is 6.08. The molecule has 3 rings (SSSR count). The van der Waals surface area contributed by atoms with Crippen molar-refractivity contribution in [1.82, 2.24) is 0 Å². The first-order valence-electron chi connectivity index (χ1n) is 8.17. The van der Waals surface area contributed by atoms with Crippen LogP contribution in [0.4, 0.5) is 0 Å². The van der Waals surface area contributed by atoms with Gasteiger partial charge in [0.1, 0.15) is 12.4 Å². The van der Waals surface area contributed by atoms with Gasteiger partial charge in [0.2, 0.25) is 0 Å². The van der Waals surface area contributed by atoms with Crippen LogP contribution in [0.3, 0.4) is 0 Å². The second-order valence-corrected chi connectivity index (χ2v) is 5.70. The highest BCUT2D eigenvalue weighted by Crippen LogP contribution is 2.17. The number of benzene rings is 3. The van der Waals surface area contributed by atoms with E-state index in [1.807, 2.05) is 24.3 Å². The summed E-state index contributed by atoms with van der Waals surface area (Å²) in [6.07, 6.45) is 0. The summed E-state index contributed by atoms with van der Waals surface area (Å²) in [6, 6.07) is 23.3. The van der Waals surface area contributed by atoms with Crippen LogP contribution >= 0.6 is 0 Å². The molecule has 3 aromatic rings. The lowest BCUT2D eigenvalue weighted by Gasteiger charge is -2.08. The Kier molecular flexibility index (Phi) is 5.44. The summed E-state index contributed by atoms with van der Waals surface area (Å²) < 4.78 is 10.5. The van der Waals surface area contributed by atoms with Crippen molar-refractivity contribution in [2.24, 2.45) is 0 Å². The third-order valence-corrected chi connectivity index (χ3v) is 3.91. The van der Waals surface area contributed by atoms with Crippen LogP contribution in [0.5, 0.6) is 5.75 Å². The molecule has 4 nitrogen and oxygen atoms in total. The minimum Gasteiger partial charge on any atom is -0.489 e. The number of hydrogen-bond donors (Lipinski definition) is 0. The summed E-state index contributed by atoms with van der Waals surface area (Å²) in [5.41, 5.74) is 2.60. The Balaban J connectivity index is 1.65. The summed E-state index contributed by atoms with van der Waals surface area (Å²) in [6.45, 7) is 0.316. The molecule has 0 aliphatic carbocycles. The number of ketones is 1. The zero-order chi connectivity index (χ0) is 18.4. The zero-order valence-corrected chi connectivity index (χ0v) is 14.3. The van der Waals surface area contributed by atoms with Gasteiger partial charge in [-0.05, 0) is 42.0 Å². The molecule has 0 bridgehead atoms. The number of carbonyl (C=O) groups excluding carboxylic acids is 2. The quantitative estimate of drug-likeness (QED) is 0.494. The van der Waals surface area contributed by atoms with Gasteiger partial charge < -0.3 is 9.47 Å². The van der Waals surface area contributed by atoms with Crippen LogP contribution in [0.15, 0.2) is 78.9 Å². The predicted octanol–water partition coefficient (Wildman–Crippen LogP) is 4.28. The van der Waals surface area contributed by atoms with Gasteiger partial charge in [-0.3, -0.25) is 4.79 Å². The van der Waals surface area contributed by atoms with E-state index in [0.29, 0.717) is 29.0 Å². The molecule has 0 heterocycles. The van der Waals surface area contributed by atoms with Crippen molar-refractivity contribution in [3.05, 3.63) is 101 Å². The molecule has 0 aliphatic rings. The number of carbonyl (C=O) groups is 2. The van der Waals surface area contributed by atoms with Crippen molar-refractivity contribution < 1.29 is 19.1 Å². The van der Waals surface area contributed by atoms with Gasteiger partial charge in [-0.15, -0.1) is 0 Å². The van der Waals surface area contributed by atoms with Gasteiger partial charge in [0.05, 0.1) is 12.7 Å². The molecule has 0 amide bonds. The van der Waals surface area contributed by atoms with Gasteiger partial charge in [0.25, 0.3) is 0 Å². The summed E-state index contributed by atoms with van der Waals surface area (Å²) in [5, 5.41) is 0. The lowest BCUT2D eigenvalue weighted by Crippen LogP contribution is -2.03. The Bertz CT molecular complexity index is 899. The molecule has 0 fully saturated rings. The summed E-state index contributed by atoms with van der Waals surface area (Å²) in [5.74, 6) is 0.247. The Morgan fingerprint density at radius 1 is 0.769 bits per heavy atom. The normalized spacial score (nSPS) is 10.2. The van der Waals surface area contributed by atoms with E-state index in [4.69, 9.17) is 9.47 Å². The van der Waals surface area contributed by atoms with Crippen LogP contribution in [0.1, 0.15) is 31.8 Å². The zero-order valence-electron chi connectivity index (χ0n) is 14.3. The molecule has 0 aliphatic heterocycles. The number of hydrogen-bond acceptors (Lipinski definition) is 4. The third kappa shape index (κ3) is 4.16. The molecule has 0 unspecified atom stereocenters. The lowest BCUT2D eigenvalue weighted by molar-refractivity contribution is 0.0600. The Morgan fingerprint density at radius 2 is 1.42 bits per heavy atom. The number of methoxy groups -OCH3 is 1. The van der Waals surface area contributed by atoms with Gasteiger partial charge in [-0.1, -0.05) is 42.5 Å². The van der Waals surface area contributed by atoms with Crippen LogP contribution in [-0.4, -0.2) is 18.9 Å². The van der Waals surface area contributed by atoms with Crippen LogP contribution < -0.4 is 4.74 Å². The van der Waals surface area contributed by atoms with Crippen molar-refractivity contribution in [2.75, 3.05) is 7.11 Å². The monoisotopic (exact) mass is 346 g/mol. The first kappa shape index (κ1) is 17.4. The predicted molar refractivity (Wildman–Crippen MR) is 98.4 cm³/mol. The number of rotatable bonds is 6. The fraction of sp³-hybridized carbons (Fsp3) is 0.0909. The van der Waals surface area contributed by atoms with E-state index in [0.717, 1.165) is 5.56 Å². The van der Waals surface area contributed by atoms with Crippen molar-refractivity contribution in [3.63, 3.8) is 0 Å². The van der Waals surface area contributed by atoms with E-state index in [1.54, 1.807) is 54.6 Å². The van der Waals surface area contributed by atoms with E-state index in [-0.39, 0.29) is 11.8 Å². The average Bonchev–Trinajstić information content (AvgIpc) is 2.72. The van der Waals surface area contributed by atoms with E-state index < -0.39 is 0 Å². The lowest BCUT2D eigenvalue weighted by atomic mass is 10.0. The number of ether oxygens (including phenoxy) is 2. The third-order valence-electron chi connectivity index (χ3n) is 3.91. The van der Waals surface area contributed by atoms with Gasteiger partial charge >= 0.3 is 5.97 Å². The fourth-order valence-electron chi connectivity index (χ4n) is 2.53. The van der Waals surface area contributed by atoms with Crippen molar-refractivity contribution >= 4 is 11.8 Å². The van der Waals surface area contributed by atoms with Gasteiger partial charge in [-0.25, -0.2) is 4.79 Å². The molecular weight excluding hydrogens is 328 g/mol. The van der Waals surface area contributed by atoms with E-state index in [9.17, 15) is 9.59 Å². The van der Waals surface area contributed by atoms with E-state index in [1.165, 1.54) is 7.11 Å². The maximum Gasteiger partial charge on any atom is 0.337 e. The molecule has 130 valence electrons. The Labute approximate surface area is 152 Å². The second kappa shape index (κ2) is 8.12. The maximum absolute atomic E-state index is 12.4. The first-order valence-corrected chi connectivity index (χ1v) is 8.17. The second-order valence-electron chi connectivity index (χ2n) is 5.70. The fourth-order valence-corrected chi connectivity index (χ4v) is 2.53. The molecule has 0 saturated carbocycles. The van der Waals surface area contributed by atoms with Crippen molar-refractivity contribution in [1.29, 1.82) is 0 Å². The van der Waals surface area contributed by atoms with Gasteiger partial charge in [-0.2, -0.15) is 0 Å². The average molecular weight is 346 g/mol. The standard InChI is InChI=1S/C22H18O4/c1-25-22(24)19-9-5-6-16(14-19)15-26-20-12-10-18(11-13-20)21(23)17-7-3-2-4-8-17/h2-14H,15H2,1H3. The van der Waals surface area contributed by atoms with E-state index >= 15 is 0 Å². The first-order chi connectivity index (χ1) is 12.7. The molecule has 3 aromatic carbocycles. The molecule has 26 heavy (non-hydrogen) atoms. The Hall–Kier alpha value is -3.40. The smallest absolute Gasteiger partial charge is 0.337 e. The summed E-state index contributed by atoms with van der Waals surface area (Å²) in [4.78, 5) is 23.9. The summed E-state index contributed by atoms with van der Waals surface area (Å²) in [7, 11) is 1.35. The highest BCUT2D eigenvalue weighted by Gasteiger charge is 2.09. The van der Waals surface area contributed by atoms with Crippen LogP contribution in [0.2, 0.25) is 0 Å². The number of esters is 1. The SMILES string of the molecule is COC(=O)c1cccc(COc2ccc(C(=O)c3ccccc3)cc2)c1. The maximum atomic E-state index is 12.4. The molecular formula is C22H18O4. The minimum absolute atomic E-state index is 0.0251. The Morgan fingerprint density at radius 3 is 2.12 bits per heavy atom. The van der Waals surface area contributed by atoms with Gasteiger partial charge in [0.15, 0.2) is 5.78 Å². The molecule has 0 radical (unpaired) electrons. The molecule has 0 N–H and O–H groups in total. The topological polar surface area (TPSA) is 52.6 Å². The van der Waals surface area contributed by atoms with Crippen molar-refractivity contribution in [2.45, 2.75) is 6.61 Å². The molecule has 0 saturated heterocycles. The molecule has 0 aromatic heterocycles. The summed E-state index contributed by atoms with van der Waals surface area (Å²) >= 11 is 0. The van der Waals surface area contributed by atoms with Gasteiger partial charge in [0, 0.05) is 11.1 Å².